The van der Waals surface area contributed by atoms with E-state index >= 15 is 0 Å². The third-order valence-corrected chi connectivity index (χ3v) is 5.08. The minimum atomic E-state index is -0.608. The summed E-state index contributed by atoms with van der Waals surface area (Å²) in [5.41, 5.74) is 0.983. The van der Waals surface area contributed by atoms with Gasteiger partial charge in [-0.3, -0.25) is 4.79 Å². The number of nitrogens with one attached hydrogen (secondary N) is 1. The van der Waals surface area contributed by atoms with Crippen molar-refractivity contribution in [3.63, 3.8) is 0 Å². The second kappa shape index (κ2) is 10.4. The van der Waals surface area contributed by atoms with E-state index in [0.717, 1.165) is 5.75 Å². The Labute approximate surface area is 209 Å². The van der Waals surface area contributed by atoms with Crippen molar-refractivity contribution >= 4 is 23.2 Å². The van der Waals surface area contributed by atoms with Gasteiger partial charge in [-0.1, -0.05) is 0 Å². The number of aromatic nitrogens is 2. The molecule has 1 aromatic carbocycles. The summed E-state index contributed by atoms with van der Waals surface area (Å²) in [7, 11) is 0. The molecule has 1 aliphatic carbocycles. The van der Waals surface area contributed by atoms with Crippen molar-refractivity contribution in [2.24, 2.45) is 5.92 Å². The van der Waals surface area contributed by atoms with Gasteiger partial charge in [0.25, 0.3) is 5.88 Å². The van der Waals surface area contributed by atoms with Crippen LogP contribution in [0.25, 0.3) is 22.7 Å². The molecule has 1 saturated carbocycles. The summed E-state index contributed by atoms with van der Waals surface area (Å²) in [4.78, 5) is 32.5. The number of alkyl carbamates (subject to hydrolysis) is 1. The highest BCUT2D eigenvalue weighted by atomic mass is 16.6. The minimum Gasteiger partial charge on any atom is -0.493 e. The fraction of sp³-hybridized carbons (Fsp3) is 0.462. The number of hydrogen-bond donors (Lipinski definition) is 1. The first-order chi connectivity index (χ1) is 17.1. The SMILES string of the molecule is CC(=O)Oc1nc(-c2nc3ccc(OCC4CC4)cc3o2)ccc1OC[C@H](C)NC(=O)OC(C)(C)C. The number of amides is 1. The Morgan fingerprint density at radius 2 is 1.92 bits per heavy atom. The molecule has 0 bridgehead atoms. The average molecular weight is 498 g/mol. The highest BCUT2D eigenvalue weighted by Gasteiger charge is 2.22. The molecular weight excluding hydrogens is 466 g/mol. The predicted molar refractivity (Wildman–Crippen MR) is 131 cm³/mol. The van der Waals surface area contributed by atoms with Gasteiger partial charge in [-0.25, -0.2) is 14.8 Å². The van der Waals surface area contributed by atoms with Gasteiger partial charge in [0, 0.05) is 13.0 Å². The van der Waals surface area contributed by atoms with Crippen LogP contribution < -0.4 is 19.5 Å². The molecule has 4 rings (SSSR count). The van der Waals surface area contributed by atoms with E-state index in [-0.39, 0.29) is 30.2 Å². The number of carbonyl (C=O) groups excluding carboxylic acids is 2. The Bertz CT molecular complexity index is 1240. The lowest BCUT2D eigenvalue weighted by Gasteiger charge is -2.22. The van der Waals surface area contributed by atoms with E-state index in [1.165, 1.54) is 19.8 Å². The third kappa shape index (κ3) is 7.10. The standard InChI is InChI=1S/C26H31N3O7/c1-15(27-25(31)36-26(3,4)5)13-33-21-11-10-20(29-24(21)34-16(2)30)23-28-19-9-8-18(12-22(19)35-23)32-14-17-6-7-17/h8-12,15,17H,6-7,13-14H2,1-5H3,(H,27,31)/t15-/m0/s1. The highest BCUT2D eigenvalue weighted by molar-refractivity contribution is 5.77. The summed E-state index contributed by atoms with van der Waals surface area (Å²) in [6.45, 7) is 9.18. The zero-order valence-corrected chi connectivity index (χ0v) is 21.1. The van der Waals surface area contributed by atoms with Crippen molar-refractivity contribution in [3.8, 4) is 29.0 Å². The van der Waals surface area contributed by atoms with Crippen LogP contribution in [0, 0.1) is 5.92 Å². The lowest BCUT2D eigenvalue weighted by molar-refractivity contribution is -0.132. The summed E-state index contributed by atoms with van der Waals surface area (Å²) in [5, 5.41) is 2.69. The second-order valence-electron chi connectivity index (χ2n) is 9.85. The van der Waals surface area contributed by atoms with Gasteiger partial charge in [0.2, 0.25) is 5.89 Å². The summed E-state index contributed by atoms with van der Waals surface area (Å²) in [6.07, 6.45) is 1.87. The third-order valence-electron chi connectivity index (χ3n) is 5.08. The zero-order valence-electron chi connectivity index (χ0n) is 21.1. The van der Waals surface area contributed by atoms with E-state index in [4.69, 9.17) is 23.4 Å². The fourth-order valence-corrected chi connectivity index (χ4v) is 3.23. The second-order valence-corrected chi connectivity index (χ2v) is 9.85. The van der Waals surface area contributed by atoms with Gasteiger partial charge < -0.3 is 28.7 Å². The molecular formula is C26H31N3O7. The number of pyridine rings is 1. The fourth-order valence-electron chi connectivity index (χ4n) is 3.23. The Hall–Kier alpha value is -3.82. The van der Waals surface area contributed by atoms with Gasteiger partial charge >= 0.3 is 12.1 Å². The van der Waals surface area contributed by atoms with Gasteiger partial charge in [0.15, 0.2) is 11.3 Å². The summed E-state index contributed by atoms with van der Waals surface area (Å²) in [6, 6.07) is 8.38. The van der Waals surface area contributed by atoms with Crippen molar-refractivity contribution in [2.45, 2.75) is 59.1 Å². The molecule has 2 aromatic heterocycles. The molecule has 1 amide bonds. The highest BCUT2D eigenvalue weighted by Crippen LogP contribution is 2.33. The lowest BCUT2D eigenvalue weighted by atomic mass is 10.2. The topological polar surface area (TPSA) is 122 Å². The summed E-state index contributed by atoms with van der Waals surface area (Å²) in [5.74, 6) is 1.29. The molecule has 10 nitrogen and oxygen atoms in total. The van der Waals surface area contributed by atoms with Gasteiger partial charge in [-0.15, -0.1) is 0 Å². The Balaban J connectivity index is 1.46. The molecule has 0 unspecified atom stereocenters. The molecule has 0 aliphatic heterocycles. The van der Waals surface area contributed by atoms with Crippen LogP contribution in [0.2, 0.25) is 0 Å². The predicted octanol–water partition coefficient (Wildman–Crippen LogP) is 4.90. The number of nitrogens with zero attached hydrogens (tertiary/aromatic N) is 2. The molecule has 0 saturated heterocycles. The number of benzene rings is 1. The number of hydrogen-bond acceptors (Lipinski definition) is 9. The number of oxazole rings is 1. The quantitative estimate of drug-likeness (QED) is 0.411. The zero-order chi connectivity index (χ0) is 25.9. The maximum atomic E-state index is 12.0. The van der Waals surface area contributed by atoms with Crippen molar-refractivity contribution in [1.82, 2.24) is 15.3 Å². The normalized spacial score (nSPS) is 14.2. The molecule has 10 heteroatoms. The minimum absolute atomic E-state index is 0.0276. The van der Waals surface area contributed by atoms with E-state index in [1.54, 1.807) is 45.9 Å². The van der Waals surface area contributed by atoms with E-state index in [9.17, 15) is 9.59 Å². The molecule has 1 atom stereocenters. The molecule has 2 heterocycles. The molecule has 1 fully saturated rings. The van der Waals surface area contributed by atoms with Gasteiger partial charge in [0.1, 0.15) is 29.2 Å². The van der Waals surface area contributed by atoms with Crippen molar-refractivity contribution < 1.29 is 33.0 Å². The Morgan fingerprint density at radius 1 is 1.14 bits per heavy atom. The van der Waals surface area contributed by atoms with Crippen LogP contribution in [0.15, 0.2) is 34.7 Å². The molecule has 1 N–H and O–H groups in total. The molecule has 192 valence electrons. The van der Waals surface area contributed by atoms with Crippen LogP contribution in [-0.4, -0.2) is 46.9 Å². The van der Waals surface area contributed by atoms with Gasteiger partial charge in [-0.05, 0) is 70.7 Å². The van der Waals surface area contributed by atoms with Crippen LogP contribution in [0.5, 0.6) is 17.4 Å². The largest absolute Gasteiger partial charge is 0.493 e. The number of carbonyl (C=O) groups is 2. The first-order valence-electron chi connectivity index (χ1n) is 11.9. The number of fused-ring (bicyclic) bond motifs is 1. The Kier molecular flexibility index (Phi) is 7.32. The lowest BCUT2D eigenvalue weighted by Crippen LogP contribution is -2.40. The van der Waals surface area contributed by atoms with Crippen LogP contribution >= 0.6 is 0 Å². The molecule has 1 aliphatic rings. The van der Waals surface area contributed by atoms with Crippen LogP contribution in [0.1, 0.15) is 47.5 Å². The van der Waals surface area contributed by atoms with Crippen LogP contribution in [0.3, 0.4) is 0 Å². The maximum Gasteiger partial charge on any atom is 0.407 e. The van der Waals surface area contributed by atoms with Crippen LogP contribution in [-0.2, 0) is 9.53 Å². The van der Waals surface area contributed by atoms with Crippen molar-refractivity contribution in [1.29, 1.82) is 0 Å². The monoisotopic (exact) mass is 497 g/mol. The first-order valence-corrected chi connectivity index (χ1v) is 11.9. The summed E-state index contributed by atoms with van der Waals surface area (Å²) >= 11 is 0. The molecule has 0 radical (unpaired) electrons. The smallest absolute Gasteiger partial charge is 0.407 e. The number of esters is 1. The molecule has 0 spiro atoms. The van der Waals surface area contributed by atoms with Gasteiger partial charge in [0.05, 0.1) is 12.6 Å². The van der Waals surface area contributed by atoms with Crippen molar-refractivity contribution in [2.75, 3.05) is 13.2 Å². The maximum absolute atomic E-state index is 12.0. The average Bonchev–Trinajstić information content (AvgIpc) is 3.51. The van der Waals surface area contributed by atoms with E-state index in [0.29, 0.717) is 29.3 Å². The number of ether oxygens (including phenoxy) is 4. The van der Waals surface area contributed by atoms with Gasteiger partial charge in [-0.2, -0.15) is 0 Å². The Morgan fingerprint density at radius 3 is 2.61 bits per heavy atom. The van der Waals surface area contributed by atoms with Crippen molar-refractivity contribution in [3.05, 3.63) is 30.3 Å². The first kappa shape index (κ1) is 25.3. The summed E-state index contributed by atoms with van der Waals surface area (Å²) < 4.78 is 28.0. The van der Waals surface area contributed by atoms with E-state index < -0.39 is 17.7 Å². The van der Waals surface area contributed by atoms with E-state index in [1.807, 2.05) is 12.1 Å². The van der Waals surface area contributed by atoms with E-state index in [2.05, 4.69) is 15.3 Å². The molecule has 3 aromatic rings. The van der Waals surface area contributed by atoms with Crippen LogP contribution in [0.4, 0.5) is 4.79 Å². The number of rotatable bonds is 9. The molecule has 36 heavy (non-hydrogen) atoms.